The second kappa shape index (κ2) is 9.98. The predicted molar refractivity (Wildman–Crippen MR) is 121 cm³/mol. The first-order valence-corrected chi connectivity index (χ1v) is 10.7. The van der Waals surface area contributed by atoms with Crippen LogP contribution in [-0.4, -0.2) is 62.6 Å². The molecular formula is C24H28N2O8. The number of benzene rings is 1. The fourth-order valence-corrected chi connectivity index (χ4v) is 4.04. The zero-order valence-corrected chi connectivity index (χ0v) is 20.0. The van der Waals surface area contributed by atoms with Crippen molar-refractivity contribution < 1.29 is 38.1 Å². The van der Waals surface area contributed by atoms with Crippen LogP contribution in [0.1, 0.15) is 45.4 Å². The van der Waals surface area contributed by atoms with Crippen molar-refractivity contribution in [2.45, 2.75) is 33.3 Å². The number of nitrogens with zero attached hydrogens (tertiary/aromatic N) is 1. The molecule has 0 bridgehead atoms. The Balaban J connectivity index is 1.70. The number of rotatable bonds is 8. The minimum Gasteiger partial charge on any atom is -0.493 e. The summed E-state index contributed by atoms with van der Waals surface area (Å²) in [5.74, 6) is -1.68. The van der Waals surface area contributed by atoms with Crippen molar-refractivity contribution in [3.63, 3.8) is 0 Å². The SMILES string of the molecule is COC(=O)c1c(C)[nH]c(C(=O)[C@@H](C)OC(=O)[C@H]2CC(=O)N(c3ccc(OC)c(OC)c3)C2)c1C. The highest BCUT2D eigenvalue weighted by Gasteiger charge is 2.38. The molecule has 10 heteroatoms. The molecule has 1 aliphatic rings. The number of ether oxygens (including phenoxy) is 4. The maximum atomic E-state index is 12.9. The van der Waals surface area contributed by atoms with Crippen molar-refractivity contribution in [3.8, 4) is 11.5 Å². The molecule has 0 saturated carbocycles. The van der Waals surface area contributed by atoms with Gasteiger partial charge in [-0.05, 0) is 38.5 Å². The number of carbonyl (C=O) groups excluding carboxylic acids is 4. The molecule has 0 unspecified atom stereocenters. The summed E-state index contributed by atoms with van der Waals surface area (Å²) in [5.41, 5.74) is 1.92. The van der Waals surface area contributed by atoms with Crippen molar-refractivity contribution in [3.05, 3.63) is 40.7 Å². The Kier molecular flexibility index (Phi) is 7.29. The van der Waals surface area contributed by atoms with Crippen LogP contribution >= 0.6 is 0 Å². The van der Waals surface area contributed by atoms with Crippen LogP contribution in [0.5, 0.6) is 11.5 Å². The molecule has 1 aromatic carbocycles. The quantitative estimate of drug-likeness (QED) is 0.459. The van der Waals surface area contributed by atoms with Gasteiger partial charge in [0.2, 0.25) is 11.7 Å². The van der Waals surface area contributed by atoms with Crippen LogP contribution < -0.4 is 14.4 Å². The highest BCUT2D eigenvalue weighted by Crippen LogP contribution is 2.34. The summed E-state index contributed by atoms with van der Waals surface area (Å²) in [4.78, 5) is 54.6. The fourth-order valence-electron chi connectivity index (χ4n) is 4.04. The number of carbonyl (C=O) groups is 4. The van der Waals surface area contributed by atoms with Crippen molar-refractivity contribution in [2.24, 2.45) is 5.92 Å². The molecule has 2 heterocycles. The number of H-pyrrole nitrogens is 1. The first kappa shape index (κ1) is 24.8. The number of hydrogen-bond acceptors (Lipinski definition) is 8. The van der Waals surface area contributed by atoms with Crippen LogP contribution in [0.25, 0.3) is 0 Å². The Labute approximate surface area is 197 Å². The van der Waals surface area contributed by atoms with Gasteiger partial charge in [0.1, 0.15) is 0 Å². The summed E-state index contributed by atoms with van der Waals surface area (Å²) in [6.07, 6.45) is -1.15. The molecule has 0 aliphatic carbocycles. The highest BCUT2D eigenvalue weighted by atomic mass is 16.5. The number of aromatic nitrogens is 1. The van der Waals surface area contributed by atoms with Gasteiger partial charge in [-0.1, -0.05) is 0 Å². The van der Waals surface area contributed by atoms with Gasteiger partial charge in [-0.3, -0.25) is 14.4 Å². The monoisotopic (exact) mass is 472 g/mol. The number of anilines is 1. The van der Waals surface area contributed by atoms with Crippen LogP contribution in [0.4, 0.5) is 5.69 Å². The predicted octanol–water partition coefficient (Wildman–Crippen LogP) is 2.60. The van der Waals surface area contributed by atoms with E-state index in [0.717, 1.165) is 0 Å². The molecule has 1 aromatic heterocycles. The number of aryl methyl sites for hydroxylation is 1. The number of nitrogens with one attached hydrogen (secondary N) is 1. The third-order valence-corrected chi connectivity index (χ3v) is 5.87. The summed E-state index contributed by atoms with van der Waals surface area (Å²) in [6, 6.07) is 5.04. The molecule has 3 rings (SSSR count). The summed E-state index contributed by atoms with van der Waals surface area (Å²) in [6.45, 7) is 4.84. The lowest BCUT2D eigenvalue weighted by Crippen LogP contribution is -2.30. The molecule has 1 N–H and O–H groups in total. The zero-order valence-electron chi connectivity index (χ0n) is 20.0. The molecular weight excluding hydrogens is 444 g/mol. The number of ketones is 1. The van der Waals surface area contributed by atoms with Crippen molar-refractivity contribution in [2.75, 3.05) is 32.8 Å². The Hall–Kier alpha value is -3.82. The largest absolute Gasteiger partial charge is 0.493 e. The number of hydrogen-bond donors (Lipinski definition) is 1. The van der Waals surface area contributed by atoms with Crippen LogP contribution in [0.15, 0.2) is 18.2 Å². The molecule has 10 nitrogen and oxygen atoms in total. The lowest BCUT2D eigenvalue weighted by Gasteiger charge is -2.19. The minimum absolute atomic E-state index is 0.0405. The Bertz CT molecular complexity index is 1140. The van der Waals surface area contributed by atoms with Gasteiger partial charge in [-0.2, -0.15) is 0 Å². The lowest BCUT2D eigenvalue weighted by molar-refractivity contribution is -0.151. The molecule has 182 valence electrons. The number of aromatic amines is 1. The zero-order chi connectivity index (χ0) is 25.2. The standard InChI is InChI=1S/C24H28N2O8/c1-12-20(24(30)33-6)13(2)25-21(12)22(28)14(3)34-23(29)15-9-19(27)26(11-15)16-7-8-17(31-4)18(10-16)32-5/h7-8,10,14-15,25H,9,11H2,1-6H3/t14-,15+/m1/s1. The van der Waals surface area contributed by atoms with Crippen molar-refractivity contribution in [1.82, 2.24) is 4.98 Å². The molecule has 1 aliphatic heterocycles. The second-order valence-corrected chi connectivity index (χ2v) is 8.00. The van der Waals surface area contributed by atoms with E-state index in [9.17, 15) is 19.2 Å². The summed E-state index contributed by atoms with van der Waals surface area (Å²) in [7, 11) is 4.26. The van der Waals surface area contributed by atoms with E-state index in [1.807, 2.05) is 0 Å². The third-order valence-electron chi connectivity index (χ3n) is 5.87. The molecule has 34 heavy (non-hydrogen) atoms. The number of esters is 2. The van der Waals surface area contributed by atoms with Gasteiger partial charge >= 0.3 is 11.9 Å². The number of Topliss-reactive ketones (excluding diaryl/α,β-unsaturated/α-hetero) is 1. The molecule has 1 saturated heterocycles. The van der Waals surface area contributed by atoms with Gasteiger partial charge in [0, 0.05) is 30.4 Å². The molecule has 2 aromatic rings. The topological polar surface area (TPSA) is 124 Å². The maximum absolute atomic E-state index is 12.9. The van der Waals surface area contributed by atoms with Crippen LogP contribution in [0.3, 0.4) is 0 Å². The van der Waals surface area contributed by atoms with E-state index in [0.29, 0.717) is 28.4 Å². The van der Waals surface area contributed by atoms with E-state index in [-0.39, 0.29) is 30.1 Å². The molecule has 0 spiro atoms. The number of amides is 1. The second-order valence-electron chi connectivity index (χ2n) is 8.00. The van der Waals surface area contributed by atoms with Gasteiger partial charge < -0.3 is 28.8 Å². The third kappa shape index (κ3) is 4.61. The van der Waals surface area contributed by atoms with Gasteiger partial charge in [0.05, 0.1) is 38.5 Å². The highest BCUT2D eigenvalue weighted by molar-refractivity contribution is 6.04. The van der Waals surface area contributed by atoms with E-state index in [4.69, 9.17) is 18.9 Å². The average Bonchev–Trinajstić information content (AvgIpc) is 3.36. The van der Waals surface area contributed by atoms with E-state index in [1.54, 1.807) is 32.0 Å². The molecule has 0 radical (unpaired) electrons. The van der Waals surface area contributed by atoms with E-state index >= 15 is 0 Å². The summed E-state index contributed by atoms with van der Waals surface area (Å²) < 4.78 is 20.7. The van der Waals surface area contributed by atoms with Crippen molar-refractivity contribution in [1.29, 1.82) is 0 Å². The van der Waals surface area contributed by atoms with Crippen molar-refractivity contribution >= 4 is 29.3 Å². The molecule has 2 atom stereocenters. The van der Waals surface area contributed by atoms with E-state index in [1.165, 1.54) is 33.2 Å². The Morgan fingerprint density at radius 3 is 2.38 bits per heavy atom. The van der Waals surface area contributed by atoms with Gasteiger partial charge in [0.15, 0.2) is 17.6 Å². The normalized spacial score (nSPS) is 16.2. The lowest BCUT2D eigenvalue weighted by atomic mass is 10.1. The van der Waals surface area contributed by atoms with Crippen LogP contribution in [0, 0.1) is 19.8 Å². The van der Waals surface area contributed by atoms with E-state index in [2.05, 4.69) is 4.98 Å². The smallest absolute Gasteiger partial charge is 0.339 e. The minimum atomic E-state index is -1.11. The van der Waals surface area contributed by atoms with Gasteiger partial charge in [0.25, 0.3) is 0 Å². The summed E-state index contributed by atoms with van der Waals surface area (Å²) >= 11 is 0. The molecule has 1 fully saturated rings. The fraction of sp³-hybridized carbons (Fsp3) is 0.417. The molecule has 1 amide bonds. The number of methoxy groups -OCH3 is 3. The maximum Gasteiger partial charge on any atom is 0.339 e. The Morgan fingerprint density at radius 2 is 1.76 bits per heavy atom. The first-order valence-electron chi connectivity index (χ1n) is 10.7. The Morgan fingerprint density at radius 1 is 1.09 bits per heavy atom. The van der Waals surface area contributed by atoms with Crippen LogP contribution in [0.2, 0.25) is 0 Å². The first-order chi connectivity index (χ1) is 16.1. The summed E-state index contributed by atoms with van der Waals surface area (Å²) in [5, 5.41) is 0. The van der Waals surface area contributed by atoms with Gasteiger partial charge in [-0.15, -0.1) is 0 Å². The average molecular weight is 472 g/mol. The van der Waals surface area contributed by atoms with E-state index < -0.39 is 29.7 Å². The van der Waals surface area contributed by atoms with Gasteiger partial charge in [-0.25, -0.2) is 4.79 Å². The van der Waals surface area contributed by atoms with Crippen LogP contribution in [-0.2, 0) is 19.1 Å².